The third kappa shape index (κ3) is 3.14. The molecular weight excluding hydrogens is 364 g/mol. The largest absolute Gasteiger partial charge is 0.377 e. The quantitative estimate of drug-likeness (QED) is 0.722. The van der Waals surface area contributed by atoms with Gasteiger partial charge in [0.25, 0.3) is 0 Å². The lowest BCUT2D eigenvalue weighted by Gasteiger charge is -2.17. The minimum Gasteiger partial charge on any atom is -0.377 e. The first-order valence-electron chi connectivity index (χ1n) is 5.54. The van der Waals surface area contributed by atoms with E-state index < -0.39 is 0 Å². The van der Waals surface area contributed by atoms with Gasteiger partial charge in [-0.15, -0.1) is 0 Å². The van der Waals surface area contributed by atoms with Gasteiger partial charge in [0.1, 0.15) is 5.82 Å². The van der Waals surface area contributed by atoms with Gasteiger partial charge in [0, 0.05) is 9.13 Å². The second kappa shape index (κ2) is 5.89. The van der Waals surface area contributed by atoms with Crippen molar-refractivity contribution >= 4 is 39.9 Å². The van der Waals surface area contributed by atoms with Crippen LogP contribution in [0, 0.1) is 9.39 Å². The van der Waals surface area contributed by atoms with Gasteiger partial charge >= 0.3 is 0 Å². The van der Waals surface area contributed by atoms with Crippen LogP contribution in [-0.4, -0.2) is 0 Å². The van der Waals surface area contributed by atoms with Crippen molar-refractivity contribution in [2.24, 2.45) is 0 Å². The molecule has 1 atom stereocenters. The molecule has 0 heterocycles. The fourth-order valence-corrected chi connectivity index (χ4v) is 2.41. The lowest BCUT2D eigenvalue weighted by Crippen LogP contribution is -2.09. The predicted octanol–water partition coefficient (Wildman–Crippen LogP) is 5.26. The summed E-state index contributed by atoms with van der Waals surface area (Å²) in [5, 5.41) is 3.87. The molecule has 2 rings (SSSR count). The Bertz CT molecular complexity index is 559. The number of benzene rings is 2. The summed E-state index contributed by atoms with van der Waals surface area (Å²) in [6.07, 6.45) is 0. The van der Waals surface area contributed by atoms with E-state index in [0.717, 1.165) is 9.26 Å². The van der Waals surface area contributed by atoms with E-state index in [4.69, 9.17) is 11.6 Å². The molecule has 0 aromatic heterocycles. The molecule has 0 aliphatic rings. The average molecular weight is 376 g/mol. The third-order valence-electron chi connectivity index (χ3n) is 2.67. The molecule has 94 valence electrons. The van der Waals surface area contributed by atoms with Crippen LogP contribution in [0.1, 0.15) is 18.5 Å². The average Bonchev–Trinajstić information content (AvgIpc) is 2.34. The number of anilines is 1. The highest BCUT2D eigenvalue weighted by atomic mass is 127. The van der Waals surface area contributed by atoms with Crippen LogP contribution in [0.15, 0.2) is 42.5 Å². The number of hydrogen-bond donors (Lipinski definition) is 1. The highest BCUT2D eigenvalue weighted by molar-refractivity contribution is 14.1. The molecule has 0 saturated carbocycles. The second-order valence-electron chi connectivity index (χ2n) is 4.01. The van der Waals surface area contributed by atoms with Gasteiger partial charge < -0.3 is 5.32 Å². The summed E-state index contributed by atoms with van der Waals surface area (Å²) in [4.78, 5) is 0. The Balaban J connectivity index is 2.24. The molecule has 1 unspecified atom stereocenters. The standard InChI is InChI=1S/C14H12ClFIN/c1-9(11-4-2-3-5-13(11)16)18-14-8-10(17)6-7-12(14)15/h2-9,18H,1H3. The molecule has 0 amide bonds. The van der Waals surface area contributed by atoms with Crippen molar-refractivity contribution in [3.05, 3.63) is 62.4 Å². The maximum Gasteiger partial charge on any atom is 0.128 e. The maximum absolute atomic E-state index is 13.6. The van der Waals surface area contributed by atoms with E-state index in [1.165, 1.54) is 6.07 Å². The molecule has 2 aromatic rings. The van der Waals surface area contributed by atoms with Gasteiger partial charge in [-0.05, 0) is 53.8 Å². The number of rotatable bonds is 3. The normalized spacial score (nSPS) is 12.2. The number of halogens is 3. The van der Waals surface area contributed by atoms with E-state index in [9.17, 15) is 4.39 Å². The van der Waals surface area contributed by atoms with Crippen LogP contribution in [-0.2, 0) is 0 Å². The highest BCUT2D eigenvalue weighted by Crippen LogP contribution is 2.28. The molecular formula is C14H12ClFIN. The fraction of sp³-hybridized carbons (Fsp3) is 0.143. The summed E-state index contributed by atoms with van der Waals surface area (Å²) < 4.78 is 14.7. The zero-order valence-corrected chi connectivity index (χ0v) is 12.7. The zero-order valence-electron chi connectivity index (χ0n) is 9.75. The van der Waals surface area contributed by atoms with Gasteiger partial charge in [0.2, 0.25) is 0 Å². The van der Waals surface area contributed by atoms with Gasteiger partial charge in [-0.1, -0.05) is 29.8 Å². The van der Waals surface area contributed by atoms with Gasteiger partial charge in [0.15, 0.2) is 0 Å². The topological polar surface area (TPSA) is 12.0 Å². The zero-order chi connectivity index (χ0) is 13.1. The van der Waals surface area contributed by atoms with Crippen molar-refractivity contribution in [1.29, 1.82) is 0 Å². The van der Waals surface area contributed by atoms with Crippen molar-refractivity contribution in [2.75, 3.05) is 5.32 Å². The van der Waals surface area contributed by atoms with Gasteiger partial charge in [-0.25, -0.2) is 4.39 Å². The summed E-state index contributed by atoms with van der Waals surface area (Å²) >= 11 is 8.33. The van der Waals surface area contributed by atoms with Crippen LogP contribution in [0.5, 0.6) is 0 Å². The Morgan fingerprint density at radius 2 is 1.94 bits per heavy atom. The number of hydrogen-bond acceptors (Lipinski definition) is 1. The lowest BCUT2D eigenvalue weighted by atomic mass is 10.1. The van der Waals surface area contributed by atoms with E-state index in [1.54, 1.807) is 12.1 Å². The Hall–Kier alpha value is -0.810. The molecule has 2 aromatic carbocycles. The third-order valence-corrected chi connectivity index (χ3v) is 3.67. The van der Waals surface area contributed by atoms with E-state index >= 15 is 0 Å². The maximum atomic E-state index is 13.6. The highest BCUT2D eigenvalue weighted by Gasteiger charge is 2.11. The minimum atomic E-state index is -0.209. The van der Waals surface area contributed by atoms with Crippen molar-refractivity contribution < 1.29 is 4.39 Å². The molecule has 4 heteroatoms. The molecule has 0 spiro atoms. The first kappa shape index (κ1) is 13.6. The van der Waals surface area contributed by atoms with E-state index in [0.29, 0.717) is 10.6 Å². The summed E-state index contributed by atoms with van der Waals surface area (Å²) in [5.74, 6) is -0.209. The van der Waals surface area contributed by atoms with E-state index in [-0.39, 0.29) is 11.9 Å². The van der Waals surface area contributed by atoms with Crippen LogP contribution in [0.2, 0.25) is 5.02 Å². The van der Waals surface area contributed by atoms with Crippen LogP contribution >= 0.6 is 34.2 Å². The summed E-state index contributed by atoms with van der Waals surface area (Å²) in [6, 6.07) is 12.3. The molecule has 0 saturated heterocycles. The van der Waals surface area contributed by atoms with Crippen molar-refractivity contribution in [3.63, 3.8) is 0 Å². The molecule has 18 heavy (non-hydrogen) atoms. The van der Waals surface area contributed by atoms with E-state index in [1.807, 2.05) is 31.2 Å². The predicted molar refractivity (Wildman–Crippen MR) is 82.6 cm³/mol. The monoisotopic (exact) mass is 375 g/mol. The molecule has 0 aliphatic carbocycles. The number of nitrogens with one attached hydrogen (secondary N) is 1. The fourth-order valence-electron chi connectivity index (χ4n) is 1.75. The first-order chi connectivity index (χ1) is 8.58. The van der Waals surface area contributed by atoms with Gasteiger partial charge in [0.05, 0.1) is 16.8 Å². The van der Waals surface area contributed by atoms with Crippen molar-refractivity contribution in [3.8, 4) is 0 Å². The summed E-state index contributed by atoms with van der Waals surface area (Å²) in [5.41, 5.74) is 1.45. The van der Waals surface area contributed by atoms with Crippen molar-refractivity contribution in [2.45, 2.75) is 13.0 Å². The lowest BCUT2D eigenvalue weighted by molar-refractivity contribution is 0.600. The summed E-state index contributed by atoms with van der Waals surface area (Å²) in [7, 11) is 0. The van der Waals surface area contributed by atoms with Crippen LogP contribution in [0.3, 0.4) is 0 Å². The Morgan fingerprint density at radius 3 is 2.67 bits per heavy atom. The molecule has 0 radical (unpaired) electrons. The minimum absolute atomic E-state index is 0.137. The van der Waals surface area contributed by atoms with Crippen LogP contribution in [0.25, 0.3) is 0 Å². The second-order valence-corrected chi connectivity index (χ2v) is 5.66. The molecule has 0 fully saturated rings. The molecule has 1 nitrogen and oxygen atoms in total. The Morgan fingerprint density at radius 1 is 1.22 bits per heavy atom. The van der Waals surface area contributed by atoms with Crippen LogP contribution in [0.4, 0.5) is 10.1 Å². The van der Waals surface area contributed by atoms with Gasteiger partial charge in [-0.3, -0.25) is 0 Å². The van der Waals surface area contributed by atoms with Crippen molar-refractivity contribution in [1.82, 2.24) is 0 Å². The van der Waals surface area contributed by atoms with E-state index in [2.05, 4.69) is 27.9 Å². The Kier molecular flexibility index (Phi) is 4.45. The van der Waals surface area contributed by atoms with Crippen LogP contribution < -0.4 is 5.32 Å². The van der Waals surface area contributed by atoms with Gasteiger partial charge in [-0.2, -0.15) is 0 Å². The SMILES string of the molecule is CC(Nc1cc(I)ccc1Cl)c1ccccc1F. The Labute approximate surface area is 124 Å². The molecule has 0 aliphatic heterocycles. The first-order valence-corrected chi connectivity index (χ1v) is 6.99. The molecule has 0 bridgehead atoms. The molecule has 1 N–H and O–H groups in total. The summed E-state index contributed by atoms with van der Waals surface area (Å²) in [6.45, 7) is 1.91. The smallest absolute Gasteiger partial charge is 0.128 e.